The number of rotatable bonds is 4. The summed E-state index contributed by atoms with van der Waals surface area (Å²) in [5.41, 5.74) is 9.79. The summed E-state index contributed by atoms with van der Waals surface area (Å²) in [6, 6.07) is 6.80. The highest BCUT2D eigenvalue weighted by Gasteiger charge is 2.08. The quantitative estimate of drug-likeness (QED) is 0.777. The summed E-state index contributed by atoms with van der Waals surface area (Å²) in [6.45, 7) is 7.33. The molecule has 1 atom stereocenters. The van der Waals surface area contributed by atoms with Crippen molar-refractivity contribution in [2.75, 3.05) is 6.54 Å². The molecule has 0 spiro atoms. The molecule has 1 rings (SSSR count). The van der Waals surface area contributed by atoms with Gasteiger partial charge in [0.05, 0.1) is 0 Å². The standard InChI is InChI=1S/C13H21N/c1-4-12(5-6-14)13-8-10(2)7-11(3)9-13/h7-9,12H,4-6,14H2,1-3H3. The molecule has 1 nitrogen and oxygen atoms in total. The van der Waals surface area contributed by atoms with Gasteiger partial charge in [0.2, 0.25) is 0 Å². The highest BCUT2D eigenvalue weighted by atomic mass is 14.5. The molecular weight excluding hydrogens is 170 g/mol. The van der Waals surface area contributed by atoms with Crippen molar-refractivity contribution in [3.8, 4) is 0 Å². The molecule has 0 aromatic heterocycles. The lowest BCUT2D eigenvalue weighted by Gasteiger charge is -2.15. The molecule has 0 aliphatic carbocycles. The van der Waals surface area contributed by atoms with E-state index < -0.39 is 0 Å². The van der Waals surface area contributed by atoms with E-state index in [2.05, 4.69) is 39.0 Å². The molecule has 0 radical (unpaired) electrons. The van der Waals surface area contributed by atoms with Crippen LogP contribution in [0.1, 0.15) is 42.4 Å². The minimum Gasteiger partial charge on any atom is -0.330 e. The lowest BCUT2D eigenvalue weighted by molar-refractivity contribution is 0.613. The smallest absolute Gasteiger partial charge is 0.00714 e. The van der Waals surface area contributed by atoms with Crippen molar-refractivity contribution in [1.82, 2.24) is 0 Å². The molecule has 0 aliphatic heterocycles. The van der Waals surface area contributed by atoms with E-state index in [9.17, 15) is 0 Å². The molecule has 0 amide bonds. The maximum atomic E-state index is 5.62. The molecule has 78 valence electrons. The summed E-state index contributed by atoms with van der Waals surface area (Å²) in [5, 5.41) is 0. The van der Waals surface area contributed by atoms with Gasteiger partial charge in [-0.3, -0.25) is 0 Å². The SMILES string of the molecule is CCC(CCN)c1cc(C)cc(C)c1. The van der Waals surface area contributed by atoms with Gasteiger partial charge in [0, 0.05) is 0 Å². The summed E-state index contributed by atoms with van der Waals surface area (Å²) in [7, 11) is 0. The Morgan fingerprint density at radius 3 is 2.14 bits per heavy atom. The summed E-state index contributed by atoms with van der Waals surface area (Å²) < 4.78 is 0. The molecule has 0 heterocycles. The number of nitrogens with two attached hydrogens (primary N) is 1. The van der Waals surface area contributed by atoms with E-state index in [1.54, 1.807) is 0 Å². The van der Waals surface area contributed by atoms with E-state index >= 15 is 0 Å². The fourth-order valence-corrected chi connectivity index (χ4v) is 2.05. The Balaban J connectivity index is 2.91. The summed E-state index contributed by atoms with van der Waals surface area (Å²) in [4.78, 5) is 0. The molecule has 0 saturated heterocycles. The molecule has 1 aromatic rings. The topological polar surface area (TPSA) is 26.0 Å². The minimum atomic E-state index is 0.638. The fraction of sp³-hybridized carbons (Fsp3) is 0.538. The van der Waals surface area contributed by atoms with Crippen molar-refractivity contribution in [1.29, 1.82) is 0 Å². The van der Waals surface area contributed by atoms with Gasteiger partial charge >= 0.3 is 0 Å². The van der Waals surface area contributed by atoms with Crippen molar-refractivity contribution >= 4 is 0 Å². The van der Waals surface area contributed by atoms with E-state index in [-0.39, 0.29) is 0 Å². The second kappa shape index (κ2) is 5.16. The molecule has 0 aliphatic rings. The zero-order chi connectivity index (χ0) is 10.6. The van der Waals surface area contributed by atoms with Gasteiger partial charge in [-0.2, -0.15) is 0 Å². The highest BCUT2D eigenvalue weighted by molar-refractivity contribution is 5.30. The third kappa shape index (κ3) is 2.85. The van der Waals surface area contributed by atoms with Crippen LogP contribution in [0, 0.1) is 13.8 Å². The van der Waals surface area contributed by atoms with E-state index in [1.807, 2.05) is 0 Å². The lowest BCUT2D eigenvalue weighted by atomic mass is 9.91. The molecule has 1 unspecified atom stereocenters. The van der Waals surface area contributed by atoms with Gasteiger partial charge in [-0.05, 0) is 44.7 Å². The summed E-state index contributed by atoms with van der Waals surface area (Å²) in [6.07, 6.45) is 2.28. The normalized spacial score (nSPS) is 12.9. The number of hydrogen-bond donors (Lipinski definition) is 1. The van der Waals surface area contributed by atoms with Crippen LogP contribution in [-0.4, -0.2) is 6.54 Å². The van der Waals surface area contributed by atoms with Gasteiger partial charge in [-0.1, -0.05) is 36.2 Å². The number of hydrogen-bond acceptors (Lipinski definition) is 1. The van der Waals surface area contributed by atoms with E-state index in [1.165, 1.54) is 23.1 Å². The monoisotopic (exact) mass is 191 g/mol. The van der Waals surface area contributed by atoms with Gasteiger partial charge in [0.1, 0.15) is 0 Å². The van der Waals surface area contributed by atoms with Crippen LogP contribution in [0.25, 0.3) is 0 Å². The Hall–Kier alpha value is -0.820. The Labute approximate surface area is 87.3 Å². The second-order valence-electron chi connectivity index (χ2n) is 4.10. The average molecular weight is 191 g/mol. The molecular formula is C13H21N. The van der Waals surface area contributed by atoms with Crippen molar-refractivity contribution in [2.45, 2.75) is 39.5 Å². The Kier molecular flexibility index (Phi) is 4.15. The van der Waals surface area contributed by atoms with Crippen LogP contribution in [0.4, 0.5) is 0 Å². The first kappa shape index (κ1) is 11.3. The van der Waals surface area contributed by atoms with Gasteiger partial charge in [-0.25, -0.2) is 0 Å². The lowest BCUT2D eigenvalue weighted by Crippen LogP contribution is -2.07. The maximum absolute atomic E-state index is 5.62. The zero-order valence-electron chi connectivity index (χ0n) is 9.51. The number of aryl methyl sites for hydroxylation is 2. The Morgan fingerprint density at radius 2 is 1.71 bits per heavy atom. The molecule has 2 N–H and O–H groups in total. The van der Waals surface area contributed by atoms with Gasteiger partial charge in [-0.15, -0.1) is 0 Å². The molecule has 1 aromatic carbocycles. The van der Waals surface area contributed by atoms with Crippen molar-refractivity contribution in [2.24, 2.45) is 5.73 Å². The first-order chi connectivity index (χ1) is 6.67. The predicted octanol–water partition coefficient (Wildman–Crippen LogP) is 3.15. The summed E-state index contributed by atoms with van der Waals surface area (Å²) >= 11 is 0. The largest absolute Gasteiger partial charge is 0.330 e. The van der Waals surface area contributed by atoms with E-state index in [0.29, 0.717) is 5.92 Å². The maximum Gasteiger partial charge on any atom is -0.00714 e. The van der Waals surface area contributed by atoms with E-state index in [0.717, 1.165) is 13.0 Å². The third-order valence-corrected chi connectivity index (χ3v) is 2.72. The Bertz CT molecular complexity index is 271. The Morgan fingerprint density at radius 1 is 1.14 bits per heavy atom. The minimum absolute atomic E-state index is 0.638. The fourth-order valence-electron chi connectivity index (χ4n) is 2.05. The summed E-state index contributed by atoms with van der Waals surface area (Å²) in [5.74, 6) is 0.638. The molecule has 0 saturated carbocycles. The molecule has 1 heteroatoms. The third-order valence-electron chi connectivity index (χ3n) is 2.72. The number of benzene rings is 1. The predicted molar refractivity (Wildman–Crippen MR) is 62.6 cm³/mol. The zero-order valence-corrected chi connectivity index (χ0v) is 9.51. The van der Waals surface area contributed by atoms with Crippen LogP contribution in [0.15, 0.2) is 18.2 Å². The van der Waals surface area contributed by atoms with Crippen LogP contribution in [0.3, 0.4) is 0 Å². The van der Waals surface area contributed by atoms with Crippen molar-refractivity contribution in [3.05, 3.63) is 34.9 Å². The van der Waals surface area contributed by atoms with Crippen LogP contribution in [0.5, 0.6) is 0 Å². The van der Waals surface area contributed by atoms with Crippen LogP contribution >= 0.6 is 0 Å². The van der Waals surface area contributed by atoms with Gasteiger partial charge in [0.15, 0.2) is 0 Å². The molecule has 14 heavy (non-hydrogen) atoms. The van der Waals surface area contributed by atoms with E-state index in [4.69, 9.17) is 5.73 Å². The highest BCUT2D eigenvalue weighted by Crippen LogP contribution is 2.24. The first-order valence-electron chi connectivity index (χ1n) is 5.45. The first-order valence-corrected chi connectivity index (χ1v) is 5.45. The van der Waals surface area contributed by atoms with Crippen LogP contribution < -0.4 is 5.73 Å². The molecule has 0 bridgehead atoms. The average Bonchev–Trinajstić information content (AvgIpc) is 2.12. The molecule has 0 fully saturated rings. The van der Waals surface area contributed by atoms with Gasteiger partial charge < -0.3 is 5.73 Å². The van der Waals surface area contributed by atoms with Gasteiger partial charge in [0.25, 0.3) is 0 Å². The van der Waals surface area contributed by atoms with Crippen molar-refractivity contribution in [3.63, 3.8) is 0 Å². The van der Waals surface area contributed by atoms with Crippen LogP contribution in [0.2, 0.25) is 0 Å². The second-order valence-corrected chi connectivity index (χ2v) is 4.10. The van der Waals surface area contributed by atoms with Crippen molar-refractivity contribution < 1.29 is 0 Å². The van der Waals surface area contributed by atoms with Crippen LogP contribution in [-0.2, 0) is 0 Å².